The van der Waals surface area contributed by atoms with Crippen LogP contribution in [0.4, 0.5) is 10.5 Å². The number of hydrogen-bond donors (Lipinski definition) is 3. The minimum atomic E-state index is -0.501. The molecule has 4 N–H and O–H groups in total. The lowest BCUT2D eigenvalue weighted by Crippen LogP contribution is -2.42. The summed E-state index contributed by atoms with van der Waals surface area (Å²) in [5.74, 6) is -0.379. The molecule has 19 heavy (non-hydrogen) atoms. The number of hydrogen-bond acceptors (Lipinski definition) is 4. The van der Waals surface area contributed by atoms with Gasteiger partial charge in [0, 0.05) is 22.2 Å². The van der Waals surface area contributed by atoms with E-state index >= 15 is 0 Å². The third-order valence-electron chi connectivity index (χ3n) is 2.22. The molecule has 0 radical (unpaired) electrons. The molecule has 0 saturated heterocycles. The van der Waals surface area contributed by atoms with Gasteiger partial charge in [-0.15, -0.1) is 11.8 Å². The molecule has 3 amide bonds. The van der Waals surface area contributed by atoms with Crippen LogP contribution in [-0.2, 0) is 4.79 Å². The molecule has 1 rings (SSSR count). The molecule has 104 valence electrons. The van der Waals surface area contributed by atoms with Crippen LogP contribution in [0.25, 0.3) is 0 Å². The number of anilines is 1. The predicted octanol–water partition coefficient (Wildman–Crippen LogP) is 2.25. The first-order valence-corrected chi connectivity index (χ1v) is 7.00. The zero-order valence-corrected chi connectivity index (χ0v) is 12.3. The quantitative estimate of drug-likeness (QED) is 0.588. The van der Waals surface area contributed by atoms with Crippen molar-refractivity contribution in [3.63, 3.8) is 0 Å². The third-order valence-corrected chi connectivity index (χ3v) is 3.63. The van der Waals surface area contributed by atoms with Crippen LogP contribution < -0.4 is 16.4 Å². The van der Waals surface area contributed by atoms with Gasteiger partial charge in [0.15, 0.2) is 0 Å². The lowest BCUT2D eigenvalue weighted by molar-refractivity contribution is -0.119. The molecule has 0 aliphatic heterocycles. The second-order valence-electron chi connectivity index (χ2n) is 3.79. The highest BCUT2D eigenvalue weighted by Gasteiger charge is 2.17. The largest absolute Gasteiger partial charge is 0.398 e. The summed E-state index contributed by atoms with van der Waals surface area (Å²) in [6.45, 7) is 3.93. The van der Waals surface area contributed by atoms with Crippen molar-refractivity contribution in [1.29, 1.82) is 0 Å². The first-order chi connectivity index (χ1) is 8.93. The maximum atomic E-state index is 11.8. The Morgan fingerprint density at radius 1 is 1.47 bits per heavy atom. The molecule has 5 nitrogen and oxygen atoms in total. The molecular weight excluding hydrogens is 286 g/mol. The van der Waals surface area contributed by atoms with E-state index < -0.39 is 11.3 Å². The van der Waals surface area contributed by atoms with Crippen LogP contribution in [0.3, 0.4) is 0 Å². The van der Waals surface area contributed by atoms with Gasteiger partial charge in [0.05, 0.1) is 5.25 Å². The van der Waals surface area contributed by atoms with Gasteiger partial charge in [-0.05, 0) is 32.0 Å². The van der Waals surface area contributed by atoms with Gasteiger partial charge in [-0.3, -0.25) is 10.1 Å². The molecule has 0 fully saturated rings. The average Bonchev–Trinajstić information content (AvgIpc) is 2.34. The van der Waals surface area contributed by atoms with Gasteiger partial charge in [-0.1, -0.05) is 11.6 Å². The molecule has 0 heterocycles. The summed E-state index contributed by atoms with van der Waals surface area (Å²) in [6, 6.07) is 4.55. The fourth-order valence-corrected chi connectivity index (χ4v) is 2.46. The molecule has 0 aliphatic carbocycles. The van der Waals surface area contributed by atoms with Gasteiger partial charge < -0.3 is 11.1 Å². The van der Waals surface area contributed by atoms with E-state index in [1.807, 2.05) is 0 Å². The van der Waals surface area contributed by atoms with E-state index in [-0.39, 0.29) is 5.91 Å². The molecule has 0 aliphatic rings. The van der Waals surface area contributed by atoms with E-state index in [1.54, 1.807) is 32.0 Å². The maximum absolute atomic E-state index is 11.8. The molecule has 1 atom stereocenters. The van der Waals surface area contributed by atoms with Crippen LogP contribution in [0.15, 0.2) is 23.1 Å². The van der Waals surface area contributed by atoms with Crippen molar-refractivity contribution >= 4 is 41.0 Å². The number of nitrogens with two attached hydrogens (primary N) is 1. The van der Waals surface area contributed by atoms with E-state index in [2.05, 4.69) is 10.6 Å². The van der Waals surface area contributed by atoms with Gasteiger partial charge in [0.25, 0.3) is 0 Å². The Morgan fingerprint density at radius 2 is 2.16 bits per heavy atom. The molecule has 7 heteroatoms. The molecule has 0 bridgehead atoms. The van der Waals surface area contributed by atoms with Crippen molar-refractivity contribution < 1.29 is 9.59 Å². The third kappa shape index (κ3) is 5.00. The van der Waals surface area contributed by atoms with Crippen LogP contribution in [0.1, 0.15) is 13.8 Å². The smallest absolute Gasteiger partial charge is 0.321 e. The number of urea groups is 1. The average molecular weight is 302 g/mol. The summed E-state index contributed by atoms with van der Waals surface area (Å²) in [4.78, 5) is 23.7. The number of imide groups is 1. The summed E-state index contributed by atoms with van der Waals surface area (Å²) in [6.07, 6.45) is 0. The van der Waals surface area contributed by atoms with Crippen LogP contribution in [0, 0.1) is 0 Å². The SMILES string of the molecule is CCNC(=O)NC(=O)C(C)Sc1cc(Cl)ccc1N. The highest BCUT2D eigenvalue weighted by molar-refractivity contribution is 8.00. The summed E-state index contributed by atoms with van der Waals surface area (Å²) in [5.41, 5.74) is 6.34. The van der Waals surface area contributed by atoms with Crippen molar-refractivity contribution in [2.45, 2.75) is 24.0 Å². The van der Waals surface area contributed by atoms with Gasteiger partial charge in [-0.25, -0.2) is 4.79 Å². The van der Waals surface area contributed by atoms with Gasteiger partial charge in [-0.2, -0.15) is 0 Å². The molecule has 0 saturated carbocycles. The normalized spacial score (nSPS) is 11.7. The number of nitrogen functional groups attached to an aromatic ring is 1. The molecular formula is C12H16ClN3O2S. The molecule has 1 unspecified atom stereocenters. The Bertz CT molecular complexity index is 482. The molecule has 0 spiro atoms. The predicted molar refractivity (Wildman–Crippen MR) is 78.4 cm³/mol. The monoisotopic (exact) mass is 301 g/mol. The minimum Gasteiger partial charge on any atom is -0.398 e. The van der Waals surface area contributed by atoms with E-state index in [4.69, 9.17) is 17.3 Å². The molecule has 0 aromatic heterocycles. The fourth-order valence-electron chi connectivity index (χ4n) is 1.27. The summed E-state index contributed by atoms with van der Waals surface area (Å²) in [7, 11) is 0. The number of thioether (sulfide) groups is 1. The van der Waals surface area contributed by atoms with Crippen molar-refractivity contribution in [2.75, 3.05) is 12.3 Å². The number of halogens is 1. The summed E-state index contributed by atoms with van der Waals surface area (Å²) in [5, 5.41) is 4.83. The lowest BCUT2D eigenvalue weighted by Gasteiger charge is -2.13. The van der Waals surface area contributed by atoms with Crippen molar-refractivity contribution in [2.24, 2.45) is 0 Å². The van der Waals surface area contributed by atoms with E-state index in [0.29, 0.717) is 22.2 Å². The van der Waals surface area contributed by atoms with E-state index in [1.165, 1.54) is 11.8 Å². The van der Waals surface area contributed by atoms with Crippen molar-refractivity contribution in [3.05, 3.63) is 23.2 Å². The number of carbonyl (C=O) groups is 2. The first kappa shape index (κ1) is 15.7. The zero-order chi connectivity index (χ0) is 14.4. The Hall–Kier alpha value is -1.40. The zero-order valence-electron chi connectivity index (χ0n) is 10.7. The number of carbonyl (C=O) groups excluding carboxylic acids is 2. The Balaban J connectivity index is 2.63. The first-order valence-electron chi connectivity index (χ1n) is 5.74. The fraction of sp³-hybridized carbons (Fsp3) is 0.333. The summed E-state index contributed by atoms with van der Waals surface area (Å²) < 4.78 is 0. The number of nitrogens with one attached hydrogen (secondary N) is 2. The van der Waals surface area contributed by atoms with E-state index in [9.17, 15) is 9.59 Å². The van der Waals surface area contributed by atoms with E-state index in [0.717, 1.165) is 0 Å². The lowest BCUT2D eigenvalue weighted by atomic mass is 10.3. The van der Waals surface area contributed by atoms with Gasteiger partial charge in [0.1, 0.15) is 0 Å². The minimum absolute atomic E-state index is 0.379. The Labute approximate surface area is 121 Å². The Kier molecular flexibility index (Phi) is 5.98. The van der Waals surface area contributed by atoms with Crippen LogP contribution in [-0.4, -0.2) is 23.7 Å². The number of rotatable bonds is 4. The second kappa shape index (κ2) is 7.25. The topological polar surface area (TPSA) is 84.2 Å². The number of benzene rings is 1. The second-order valence-corrected chi connectivity index (χ2v) is 5.61. The maximum Gasteiger partial charge on any atom is 0.321 e. The van der Waals surface area contributed by atoms with Gasteiger partial charge >= 0.3 is 6.03 Å². The van der Waals surface area contributed by atoms with Crippen LogP contribution in [0.2, 0.25) is 5.02 Å². The van der Waals surface area contributed by atoms with Crippen molar-refractivity contribution in [1.82, 2.24) is 10.6 Å². The highest BCUT2D eigenvalue weighted by atomic mass is 35.5. The highest BCUT2D eigenvalue weighted by Crippen LogP contribution is 2.31. The molecule has 1 aromatic carbocycles. The number of amides is 3. The van der Waals surface area contributed by atoms with Crippen LogP contribution >= 0.6 is 23.4 Å². The standard InChI is InChI=1S/C12H16ClN3O2S/c1-3-15-12(18)16-11(17)7(2)19-10-6-8(13)4-5-9(10)14/h4-7H,3,14H2,1-2H3,(H2,15,16,17,18). The van der Waals surface area contributed by atoms with Crippen LogP contribution in [0.5, 0.6) is 0 Å². The van der Waals surface area contributed by atoms with Crippen molar-refractivity contribution in [3.8, 4) is 0 Å². The van der Waals surface area contributed by atoms with Gasteiger partial charge in [0.2, 0.25) is 5.91 Å². The summed E-state index contributed by atoms with van der Waals surface area (Å²) >= 11 is 7.12. The Morgan fingerprint density at radius 3 is 2.79 bits per heavy atom. The molecule has 1 aromatic rings.